The van der Waals surface area contributed by atoms with Crippen molar-refractivity contribution in [2.75, 3.05) is 18.5 Å². The Morgan fingerprint density at radius 2 is 1.81 bits per heavy atom. The molecule has 5 nitrogen and oxygen atoms in total. The smallest absolute Gasteiger partial charge is 0.270 e. The zero-order valence-electron chi connectivity index (χ0n) is 11.6. The number of aliphatic imine (C=N–C) groups is 1. The molecule has 0 saturated heterocycles. The van der Waals surface area contributed by atoms with E-state index in [0.717, 1.165) is 0 Å². The Hall–Kier alpha value is -2.34. The molecular formula is C15H14N2O3S. The van der Waals surface area contributed by atoms with Crippen molar-refractivity contribution in [1.29, 1.82) is 0 Å². The number of amidine groups is 1. The first kappa shape index (κ1) is 13.6. The molecule has 108 valence electrons. The van der Waals surface area contributed by atoms with Gasteiger partial charge in [-0.2, -0.15) is 0 Å². The second-order valence-corrected chi connectivity index (χ2v) is 6.27. The molecule has 0 aromatic heterocycles. The Balaban J connectivity index is 2.26. The molecule has 3 rings (SSSR count). The minimum absolute atomic E-state index is 0.243. The predicted octanol–water partition coefficient (Wildman–Crippen LogP) is 2.28. The summed E-state index contributed by atoms with van der Waals surface area (Å²) < 4.78 is 31.9. The van der Waals surface area contributed by atoms with Crippen molar-refractivity contribution in [1.82, 2.24) is 0 Å². The van der Waals surface area contributed by atoms with Crippen molar-refractivity contribution < 1.29 is 13.2 Å². The molecule has 0 fully saturated rings. The topological polar surface area (TPSA) is 59.0 Å². The Morgan fingerprint density at radius 3 is 2.43 bits per heavy atom. The first-order valence-electron chi connectivity index (χ1n) is 6.35. The normalized spacial score (nSPS) is 17.8. The summed E-state index contributed by atoms with van der Waals surface area (Å²) in [4.78, 5) is 4.41. The van der Waals surface area contributed by atoms with Crippen LogP contribution in [0.4, 0.5) is 5.69 Å². The number of sulfonamides is 1. The third-order valence-corrected chi connectivity index (χ3v) is 5.12. The van der Waals surface area contributed by atoms with E-state index in [4.69, 9.17) is 4.74 Å². The molecule has 0 aliphatic carbocycles. The Labute approximate surface area is 123 Å². The second kappa shape index (κ2) is 4.89. The zero-order valence-corrected chi connectivity index (χ0v) is 12.5. The van der Waals surface area contributed by atoms with E-state index < -0.39 is 10.0 Å². The van der Waals surface area contributed by atoms with Crippen LogP contribution in [-0.2, 0) is 10.0 Å². The molecule has 6 heteroatoms. The average Bonchev–Trinajstić information content (AvgIpc) is 2.74. The molecule has 2 aromatic carbocycles. The van der Waals surface area contributed by atoms with Gasteiger partial charge < -0.3 is 4.74 Å². The molecule has 0 amide bonds. The van der Waals surface area contributed by atoms with Crippen LogP contribution in [0.15, 0.2) is 58.4 Å². The lowest BCUT2D eigenvalue weighted by atomic mass is 10.2. The third kappa shape index (κ3) is 1.99. The molecular weight excluding hydrogens is 288 g/mol. The minimum Gasteiger partial charge on any atom is -0.497 e. The molecule has 1 aliphatic heterocycles. The number of para-hydroxylation sites is 1. The molecule has 0 unspecified atom stereocenters. The number of methoxy groups -OCH3 is 1. The van der Waals surface area contributed by atoms with Gasteiger partial charge in [0.1, 0.15) is 5.75 Å². The lowest BCUT2D eigenvalue weighted by molar-refractivity contribution is 0.414. The molecule has 1 aliphatic rings. The van der Waals surface area contributed by atoms with Crippen LogP contribution in [0.3, 0.4) is 0 Å². The van der Waals surface area contributed by atoms with Gasteiger partial charge in [0, 0.05) is 12.6 Å². The van der Waals surface area contributed by atoms with Crippen LogP contribution in [0.1, 0.15) is 5.56 Å². The van der Waals surface area contributed by atoms with E-state index >= 15 is 0 Å². The molecule has 2 aromatic rings. The minimum atomic E-state index is -3.64. The summed E-state index contributed by atoms with van der Waals surface area (Å²) in [5.74, 6) is 0.995. The monoisotopic (exact) mass is 302 g/mol. The summed E-state index contributed by atoms with van der Waals surface area (Å²) in [6, 6.07) is 13.8. The lowest BCUT2D eigenvalue weighted by Crippen LogP contribution is -2.30. The number of rotatable bonds is 2. The number of anilines is 1. The zero-order chi connectivity index (χ0) is 15.0. The second-order valence-electron chi connectivity index (χ2n) is 4.51. The van der Waals surface area contributed by atoms with Gasteiger partial charge in [-0.05, 0) is 30.3 Å². The van der Waals surface area contributed by atoms with Crippen LogP contribution in [0.25, 0.3) is 0 Å². The maximum absolute atomic E-state index is 12.8. The summed E-state index contributed by atoms with van der Waals surface area (Å²) >= 11 is 0. The van der Waals surface area contributed by atoms with Gasteiger partial charge in [0.25, 0.3) is 10.0 Å². The van der Waals surface area contributed by atoms with Gasteiger partial charge in [-0.3, -0.25) is 4.99 Å². The molecule has 0 spiro atoms. The maximum Gasteiger partial charge on any atom is 0.270 e. The van der Waals surface area contributed by atoms with Gasteiger partial charge in [0.15, 0.2) is 5.84 Å². The fourth-order valence-corrected chi connectivity index (χ4v) is 4.06. The lowest BCUT2D eigenvalue weighted by Gasteiger charge is -2.17. The number of hydrogen-bond acceptors (Lipinski definition) is 4. The first-order chi connectivity index (χ1) is 10.1. The van der Waals surface area contributed by atoms with Gasteiger partial charge >= 0.3 is 0 Å². The highest BCUT2D eigenvalue weighted by Crippen LogP contribution is 2.36. The van der Waals surface area contributed by atoms with Crippen molar-refractivity contribution >= 4 is 21.5 Å². The SMILES string of the molecule is CN=C1c2cc(OC)ccc2S(=O)(=O)N1c1ccccc1. The van der Waals surface area contributed by atoms with E-state index in [-0.39, 0.29) is 4.90 Å². The van der Waals surface area contributed by atoms with Crippen LogP contribution in [-0.4, -0.2) is 28.4 Å². The van der Waals surface area contributed by atoms with Crippen molar-refractivity contribution in [3.63, 3.8) is 0 Å². The van der Waals surface area contributed by atoms with Crippen molar-refractivity contribution in [3.8, 4) is 5.75 Å². The highest BCUT2D eigenvalue weighted by Gasteiger charge is 2.40. The molecule has 0 N–H and O–H groups in total. The Bertz CT molecular complexity index is 814. The number of ether oxygens (including phenoxy) is 1. The van der Waals surface area contributed by atoms with Crippen molar-refractivity contribution in [3.05, 3.63) is 54.1 Å². The quantitative estimate of drug-likeness (QED) is 0.855. The highest BCUT2D eigenvalue weighted by atomic mass is 32.2. The predicted molar refractivity (Wildman–Crippen MR) is 81.6 cm³/mol. The van der Waals surface area contributed by atoms with Crippen molar-refractivity contribution in [2.45, 2.75) is 4.90 Å². The number of nitrogens with zero attached hydrogens (tertiary/aromatic N) is 2. The molecule has 0 bridgehead atoms. The highest BCUT2D eigenvalue weighted by molar-refractivity contribution is 7.94. The van der Waals surface area contributed by atoms with Gasteiger partial charge in [-0.15, -0.1) is 0 Å². The standard InChI is InChI=1S/C15H14N2O3S/c1-16-15-13-10-12(20-2)8-9-14(13)21(18,19)17(15)11-6-4-3-5-7-11/h3-10H,1-2H3. The first-order valence-corrected chi connectivity index (χ1v) is 7.79. The Kier molecular flexibility index (Phi) is 3.17. The summed E-state index contributed by atoms with van der Waals surface area (Å²) in [6.45, 7) is 0. The molecule has 0 atom stereocenters. The molecule has 0 saturated carbocycles. The summed E-state index contributed by atoms with van der Waals surface area (Å²) in [5, 5.41) is 0. The molecule has 0 radical (unpaired) electrons. The third-order valence-electron chi connectivity index (χ3n) is 3.34. The fraction of sp³-hybridized carbons (Fsp3) is 0.133. The average molecular weight is 302 g/mol. The molecule has 1 heterocycles. The van der Waals surface area contributed by atoms with Crippen LogP contribution >= 0.6 is 0 Å². The van der Waals surface area contributed by atoms with Gasteiger partial charge in [-0.25, -0.2) is 12.7 Å². The van der Waals surface area contributed by atoms with E-state index in [1.54, 1.807) is 56.6 Å². The largest absolute Gasteiger partial charge is 0.497 e. The van der Waals surface area contributed by atoms with Crippen molar-refractivity contribution in [2.24, 2.45) is 4.99 Å². The van der Waals surface area contributed by atoms with Crippen LogP contribution in [0.5, 0.6) is 5.75 Å². The number of benzene rings is 2. The van der Waals surface area contributed by atoms with Gasteiger partial charge in [-0.1, -0.05) is 18.2 Å². The van der Waals surface area contributed by atoms with Crippen LogP contribution in [0.2, 0.25) is 0 Å². The fourth-order valence-electron chi connectivity index (χ4n) is 2.39. The Morgan fingerprint density at radius 1 is 1.10 bits per heavy atom. The summed E-state index contributed by atoms with van der Waals surface area (Å²) in [6.07, 6.45) is 0. The van der Waals surface area contributed by atoms with E-state index in [0.29, 0.717) is 22.8 Å². The van der Waals surface area contributed by atoms with Gasteiger partial charge in [0.05, 0.1) is 17.7 Å². The van der Waals surface area contributed by atoms with E-state index in [1.807, 2.05) is 6.07 Å². The number of hydrogen-bond donors (Lipinski definition) is 0. The van der Waals surface area contributed by atoms with E-state index in [2.05, 4.69) is 4.99 Å². The summed E-state index contributed by atoms with van der Waals surface area (Å²) in [7, 11) is -0.515. The van der Waals surface area contributed by atoms with Gasteiger partial charge in [0.2, 0.25) is 0 Å². The summed E-state index contributed by atoms with van der Waals surface area (Å²) in [5.41, 5.74) is 1.12. The number of fused-ring (bicyclic) bond motifs is 1. The maximum atomic E-state index is 12.8. The van der Waals surface area contributed by atoms with Crippen LogP contribution < -0.4 is 9.04 Å². The van der Waals surface area contributed by atoms with Crippen LogP contribution in [0, 0.1) is 0 Å². The molecule has 21 heavy (non-hydrogen) atoms. The van der Waals surface area contributed by atoms with E-state index in [9.17, 15) is 8.42 Å². The van der Waals surface area contributed by atoms with E-state index in [1.165, 1.54) is 4.31 Å².